The molecule has 3 heteroatoms. The van der Waals surface area contributed by atoms with E-state index < -0.39 is 0 Å². The Labute approximate surface area is 128 Å². The van der Waals surface area contributed by atoms with Crippen molar-refractivity contribution in [3.8, 4) is 5.75 Å². The molecular weight excluding hydrogens is 262 g/mol. The second kappa shape index (κ2) is 7.08. The zero-order valence-corrected chi connectivity index (χ0v) is 13.6. The van der Waals surface area contributed by atoms with Crippen LogP contribution in [-0.4, -0.2) is 19.1 Å². The molecule has 1 heterocycles. The lowest BCUT2D eigenvalue weighted by atomic mass is 9.93. The number of piperidine rings is 1. The van der Waals surface area contributed by atoms with Crippen molar-refractivity contribution in [2.45, 2.75) is 52.4 Å². The molecule has 1 fully saturated rings. The van der Waals surface area contributed by atoms with Crippen LogP contribution in [0.1, 0.15) is 63.5 Å². The molecule has 0 unspecified atom stereocenters. The van der Waals surface area contributed by atoms with Crippen LogP contribution in [0.3, 0.4) is 0 Å². The first-order valence-electron chi connectivity index (χ1n) is 8.06. The minimum Gasteiger partial charge on any atom is -0.426 e. The monoisotopic (exact) mass is 289 g/mol. The average Bonchev–Trinajstić information content (AvgIpc) is 2.47. The molecule has 2 rings (SSSR count). The number of esters is 1. The van der Waals surface area contributed by atoms with Crippen molar-refractivity contribution < 1.29 is 9.53 Å². The molecule has 0 aromatic heterocycles. The average molecular weight is 289 g/mol. The van der Waals surface area contributed by atoms with Gasteiger partial charge in [-0.15, -0.1) is 0 Å². The lowest BCUT2D eigenvalue weighted by Gasteiger charge is -2.24. The summed E-state index contributed by atoms with van der Waals surface area (Å²) in [6, 6.07) is 6.20. The summed E-state index contributed by atoms with van der Waals surface area (Å²) in [5.41, 5.74) is 2.26. The van der Waals surface area contributed by atoms with E-state index in [2.05, 4.69) is 51.2 Å². The Morgan fingerprint density at radius 2 is 1.62 bits per heavy atom. The van der Waals surface area contributed by atoms with Crippen LogP contribution in [0.25, 0.3) is 0 Å². The molecule has 1 aliphatic heterocycles. The lowest BCUT2D eigenvalue weighted by Crippen LogP contribution is -2.34. The number of rotatable bonds is 4. The Kier molecular flexibility index (Phi) is 5.40. The first-order valence-corrected chi connectivity index (χ1v) is 8.06. The molecule has 116 valence electrons. The van der Waals surface area contributed by atoms with Gasteiger partial charge in [-0.1, -0.05) is 45.9 Å². The predicted molar refractivity (Wildman–Crippen MR) is 85.8 cm³/mol. The van der Waals surface area contributed by atoms with E-state index in [1.807, 2.05) is 0 Å². The van der Waals surface area contributed by atoms with E-state index in [9.17, 15) is 4.79 Å². The van der Waals surface area contributed by atoms with Crippen molar-refractivity contribution in [3.05, 3.63) is 29.3 Å². The highest BCUT2D eigenvalue weighted by atomic mass is 16.5. The van der Waals surface area contributed by atoms with Gasteiger partial charge in [0.1, 0.15) is 5.75 Å². The summed E-state index contributed by atoms with van der Waals surface area (Å²) in [4.78, 5) is 12.5. The second-order valence-electron chi connectivity index (χ2n) is 6.52. The zero-order valence-electron chi connectivity index (χ0n) is 13.6. The maximum Gasteiger partial charge on any atom is 0.314 e. The highest BCUT2D eigenvalue weighted by molar-refractivity contribution is 5.76. The fourth-order valence-electron chi connectivity index (χ4n) is 2.84. The van der Waals surface area contributed by atoms with Crippen LogP contribution in [0.15, 0.2) is 18.2 Å². The topological polar surface area (TPSA) is 38.3 Å². The maximum atomic E-state index is 12.5. The number of benzene rings is 1. The molecule has 0 amide bonds. The van der Waals surface area contributed by atoms with Crippen LogP contribution in [0.4, 0.5) is 0 Å². The molecule has 0 bridgehead atoms. The molecular formula is C18H27NO2. The van der Waals surface area contributed by atoms with E-state index in [1.165, 1.54) is 0 Å². The van der Waals surface area contributed by atoms with E-state index in [1.54, 1.807) is 0 Å². The first-order chi connectivity index (χ1) is 10.0. The van der Waals surface area contributed by atoms with E-state index in [0.717, 1.165) is 42.8 Å². The largest absolute Gasteiger partial charge is 0.426 e. The van der Waals surface area contributed by atoms with Gasteiger partial charge in [0.15, 0.2) is 0 Å². The van der Waals surface area contributed by atoms with Crippen LogP contribution in [0.2, 0.25) is 0 Å². The Bertz CT molecular complexity index is 462. The fourth-order valence-corrected chi connectivity index (χ4v) is 2.84. The highest BCUT2D eigenvalue weighted by Gasteiger charge is 2.25. The van der Waals surface area contributed by atoms with Gasteiger partial charge in [0.25, 0.3) is 0 Å². The van der Waals surface area contributed by atoms with E-state index in [-0.39, 0.29) is 11.9 Å². The Morgan fingerprint density at radius 1 is 1.10 bits per heavy atom. The molecule has 1 aromatic rings. The van der Waals surface area contributed by atoms with E-state index in [4.69, 9.17) is 4.74 Å². The molecule has 3 nitrogen and oxygen atoms in total. The van der Waals surface area contributed by atoms with Crippen molar-refractivity contribution in [2.75, 3.05) is 13.1 Å². The molecule has 1 aliphatic rings. The molecule has 1 saturated heterocycles. The molecule has 0 atom stereocenters. The van der Waals surface area contributed by atoms with Gasteiger partial charge >= 0.3 is 5.97 Å². The van der Waals surface area contributed by atoms with Crippen molar-refractivity contribution in [1.29, 1.82) is 0 Å². The normalized spacial score (nSPS) is 16.5. The summed E-state index contributed by atoms with van der Waals surface area (Å²) in [6.45, 7) is 10.4. The molecule has 1 aromatic carbocycles. The standard InChI is InChI=1S/C18H27NO2/c1-12(2)15-6-5-7-16(13(3)4)17(15)21-18(20)14-8-10-19-11-9-14/h5-7,12-14,19H,8-11H2,1-4H3. The molecule has 0 aliphatic carbocycles. The highest BCUT2D eigenvalue weighted by Crippen LogP contribution is 2.35. The van der Waals surface area contributed by atoms with Crippen LogP contribution in [0, 0.1) is 5.92 Å². The van der Waals surface area contributed by atoms with Crippen LogP contribution < -0.4 is 10.1 Å². The van der Waals surface area contributed by atoms with Crippen molar-refractivity contribution in [3.63, 3.8) is 0 Å². The third kappa shape index (κ3) is 3.85. The minimum absolute atomic E-state index is 0.0338. The quantitative estimate of drug-likeness (QED) is 0.676. The molecule has 0 spiro atoms. The molecule has 1 N–H and O–H groups in total. The molecule has 21 heavy (non-hydrogen) atoms. The van der Waals surface area contributed by atoms with Gasteiger partial charge < -0.3 is 10.1 Å². The van der Waals surface area contributed by atoms with Gasteiger partial charge in [-0.2, -0.15) is 0 Å². The zero-order chi connectivity index (χ0) is 15.4. The van der Waals surface area contributed by atoms with Crippen molar-refractivity contribution >= 4 is 5.97 Å². The predicted octanol–water partition coefficient (Wildman–Crippen LogP) is 3.84. The van der Waals surface area contributed by atoms with E-state index >= 15 is 0 Å². The van der Waals surface area contributed by atoms with Crippen molar-refractivity contribution in [1.82, 2.24) is 5.32 Å². The van der Waals surface area contributed by atoms with Crippen LogP contribution in [-0.2, 0) is 4.79 Å². The maximum absolute atomic E-state index is 12.5. The number of hydrogen-bond acceptors (Lipinski definition) is 3. The van der Waals surface area contributed by atoms with Gasteiger partial charge in [-0.25, -0.2) is 0 Å². The van der Waals surface area contributed by atoms with Gasteiger partial charge in [0.2, 0.25) is 0 Å². The summed E-state index contributed by atoms with van der Waals surface area (Å²) in [7, 11) is 0. The van der Waals surface area contributed by atoms with Gasteiger partial charge in [-0.3, -0.25) is 4.79 Å². The van der Waals surface area contributed by atoms with Crippen LogP contribution in [0.5, 0.6) is 5.75 Å². The number of nitrogens with one attached hydrogen (secondary N) is 1. The smallest absolute Gasteiger partial charge is 0.314 e. The van der Waals surface area contributed by atoms with E-state index in [0.29, 0.717) is 11.8 Å². The molecule has 0 radical (unpaired) electrons. The number of carbonyl (C=O) groups excluding carboxylic acids is 1. The summed E-state index contributed by atoms with van der Waals surface area (Å²) in [5, 5.41) is 3.28. The Morgan fingerprint density at radius 3 is 2.10 bits per heavy atom. The van der Waals surface area contributed by atoms with Crippen molar-refractivity contribution in [2.24, 2.45) is 5.92 Å². The lowest BCUT2D eigenvalue weighted by molar-refractivity contribution is -0.139. The number of hydrogen-bond donors (Lipinski definition) is 1. The Balaban J connectivity index is 2.26. The third-order valence-corrected chi connectivity index (χ3v) is 4.20. The summed E-state index contributed by atoms with van der Waals surface area (Å²) in [5.74, 6) is 1.46. The summed E-state index contributed by atoms with van der Waals surface area (Å²) in [6.07, 6.45) is 1.75. The van der Waals surface area contributed by atoms with Crippen LogP contribution >= 0.6 is 0 Å². The molecule has 0 saturated carbocycles. The summed E-state index contributed by atoms with van der Waals surface area (Å²) < 4.78 is 5.87. The first kappa shape index (κ1) is 16.0. The second-order valence-corrected chi connectivity index (χ2v) is 6.52. The number of carbonyl (C=O) groups is 1. The number of para-hydroxylation sites is 1. The SMILES string of the molecule is CC(C)c1cccc(C(C)C)c1OC(=O)C1CCNCC1. The number of ether oxygens (including phenoxy) is 1. The Hall–Kier alpha value is -1.35. The fraction of sp³-hybridized carbons (Fsp3) is 0.611. The van der Waals surface area contributed by atoms with Gasteiger partial charge in [0, 0.05) is 0 Å². The third-order valence-electron chi connectivity index (χ3n) is 4.20. The minimum atomic E-state index is -0.0634. The van der Waals surface area contributed by atoms with Gasteiger partial charge in [-0.05, 0) is 48.9 Å². The summed E-state index contributed by atoms with van der Waals surface area (Å²) >= 11 is 0. The van der Waals surface area contributed by atoms with Gasteiger partial charge in [0.05, 0.1) is 5.92 Å².